The molecule has 0 N–H and O–H groups in total. The van der Waals surface area contributed by atoms with E-state index in [9.17, 15) is 4.79 Å². The van der Waals surface area contributed by atoms with Crippen molar-refractivity contribution in [2.24, 2.45) is 10.9 Å². The van der Waals surface area contributed by atoms with E-state index >= 15 is 0 Å². The van der Waals surface area contributed by atoms with Crippen LogP contribution in [0.4, 0.5) is 0 Å². The summed E-state index contributed by atoms with van der Waals surface area (Å²) in [7, 11) is 0. The van der Waals surface area contributed by atoms with Gasteiger partial charge in [0.15, 0.2) is 5.54 Å². The molecule has 0 saturated carbocycles. The maximum Gasteiger partial charge on any atom is 0.236 e. The third-order valence-electron chi connectivity index (χ3n) is 1.74. The molecule has 0 fully saturated rings. The van der Waals surface area contributed by atoms with E-state index in [0.29, 0.717) is 12.3 Å². The highest BCUT2D eigenvalue weighted by Crippen LogP contribution is 2.18. The van der Waals surface area contributed by atoms with Gasteiger partial charge in [0.25, 0.3) is 0 Å². The summed E-state index contributed by atoms with van der Waals surface area (Å²) >= 11 is 0. The lowest BCUT2D eigenvalue weighted by Crippen LogP contribution is -2.19. The molecule has 0 amide bonds. The average molecular weight is 166 g/mol. The molecule has 0 radical (unpaired) electrons. The summed E-state index contributed by atoms with van der Waals surface area (Å²) in [5.74, 6) is 0.527. The van der Waals surface area contributed by atoms with E-state index in [1.165, 1.54) is 6.08 Å². The van der Waals surface area contributed by atoms with Crippen molar-refractivity contribution in [3.63, 3.8) is 0 Å². The Labute approximate surface area is 73.1 Å². The molecule has 66 valence electrons. The fourth-order valence-corrected chi connectivity index (χ4v) is 0.807. The number of hydrogen-bond acceptors (Lipinski definition) is 3. The zero-order valence-electron chi connectivity index (χ0n) is 7.79. The molecule has 0 aromatic heterocycles. The summed E-state index contributed by atoms with van der Waals surface area (Å²) in [4.78, 5) is 13.5. The quantitative estimate of drug-likeness (QED) is 0.474. The van der Waals surface area contributed by atoms with E-state index < -0.39 is 5.54 Å². The molecule has 0 aromatic carbocycles. The molecule has 3 nitrogen and oxygen atoms in total. The van der Waals surface area contributed by atoms with Crippen molar-refractivity contribution in [1.82, 2.24) is 0 Å². The van der Waals surface area contributed by atoms with Crippen molar-refractivity contribution in [3.05, 3.63) is 0 Å². The van der Waals surface area contributed by atoms with Gasteiger partial charge in [0.2, 0.25) is 6.08 Å². The molecular formula is C9H14N2O. The number of carbonyl (C=O) groups excluding carboxylic acids is 1. The van der Waals surface area contributed by atoms with Gasteiger partial charge in [-0.25, -0.2) is 4.79 Å². The number of aliphatic imine (C=N–C) groups is 1. The minimum atomic E-state index is -0.869. The van der Waals surface area contributed by atoms with Crippen LogP contribution in [0.1, 0.15) is 33.6 Å². The molecular weight excluding hydrogens is 152 g/mol. The number of isocyanates is 1. The lowest BCUT2D eigenvalue weighted by atomic mass is 9.94. The van der Waals surface area contributed by atoms with Crippen molar-refractivity contribution < 1.29 is 4.79 Å². The molecule has 0 heterocycles. The Morgan fingerprint density at radius 3 is 2.50 bits per heavy atom. The SMILES string of the molecule is CC(C)CCC(C)(C#N)N=C=O. The van der Waals surface area contributed by atoms with Gasteiger partial charge in [0.05, 0.1) is 6.07 Å². The summed E-state index contributed by atoms with van der Waals surface area (Å²) < 4.78 is 0. The molecule has 12 heavy (non-hydrogen) atoms. The standard InChI is InChI=1S/C9H14N2O/c1-8(2)4-5-9(3,6-10)11-7-12/h8H,4-5H2,1-3H3. The van der Waals surface area contributed by atoms with E-state index in [0.717, 1.165) is 6.42 Å². The largest absolute Gasteiger partial charge is 0.236 e. The van der Waals surface area contributed by atoms with Crippen molar-refractivity contribution in [3.8, 4) is 6.07 Å². The summed E-state index contributed by atoms with van der Waals surface area (Å²) in [6.45, 7) is 5.80. The van der Waals surface area contributed by atoms with Crippen LogP contribution in [0.5, 0.6) is 0 Å². The van der Waals surface area contributed by atoms with Gasteiger partial charge in [-0.2, -0.15) is 10.3 Å². The Morgan fingerprint density at radius 1 is 1.58 bits per heavy atom. The second-order valence-electron chi connectivity index (χ2n) is 3.52. The Balaban J connectivity index is 4.17. The lowest BCUT2D eigenvalue weighted by Gasteiger charge is -2.14. The molecule has 0 saturated heterocycles. The van der Waals surface area contributed by atoms with Gasteiger partial charge in [-0.05, 0) is 25.7 Å². The van der Waals surface area contributed by atoms with Crippen LogP contribution in [0.15, 0.2) is 4.99 Å². The van der Waals surface area contributed by atoms with Gasteiger partial charge in [-0.15, -0.1) is 0 Å². The van der Waals surface area contributed by atoms with Crippen LogP contribution in [0.3, 0.4) is 0 Å². The first-order valence-electron chi connectivity index (χ1n) is 4.04. The second-order valence-corrected chi connectivity index (χ2v) is 3.52. The highest BCUT2D eigenvalue weighted by Gasteiger charge is 2.22. The van der Waals surface area contributed by atoms with Gasteiger partial charge in [0, 0.05) is 0 Å². The molecule has 0 bridgehead atoms. The third kappa shape index (κ3) is 3.90. The van der Waals surface area contributed by atoms with Gasteiger partial charge in [0.1, 0.15) is 0 Å². The summed E-state index contributed by atoms with van der Waals surface area (Å²) in [5.41, 5.74) is -0.869. The van der Waals surface area contributed by atoms with Gasteiger partial charge in [-0.3, -0.25) is 0 Å². The van der Waals surface area contributed by atoms with E-state index in [1.54, 1.807) is 6.92 Å². The topological polar surface area (TPSA) is 53.2 Å². The maximum atomic E-state index is 9.98. The second kappa shape index (κ2) is 4.69. The monoisotopic (exact) mass is 166 g/mol. The first-order chi connectivity index (χ1) is 5.54. The number of nitrogens with zero attached hydrogens (tertiary/aromatic N) is 2. The molecule has 1 atom stereocenters. The fourth-order valence-electron chi connectivity index (χ4n) is 0.807. The maximum absolute atomic E-state index is 9.98. The molecule has 0 aliphatic heterocycles. The highest BCUT2D eigenvalue weighted by molar-refractivity contribution is 5.36. The highest BCUT2D eigenvalue weighted by atomic mass is 16.1. The summed E-state index contributed by atoms with van der Waals surface area (Å²) in [5, 5.41) is 8.71. The number of nitriles is 1. The zero-order valence-corrected chi connectivity index (χ0v) is 7.79. The Morgan fingerprint density at radius 2 is 2.17 bits per heavy atom. The zero-order chi connectivity index (χ0) is 9.61. The Kier molecular flexibility index (Phi) is 4.25. The predicted molar refractivity (Wildman–Crippen MR) is 46.2 cm³/mol. The van der Waals surface area contributed by atoms with Crippen molar-refractivity contribution in [1.29, 1.82) is 5.26 Å². The fraction of sp³-hybridized carbons (Fsp3) is 0.778. The lowest BCUT2D eigenvalue weighted by molar-refractivity contribution is 0.454. The van der Waals surface area contributed by atoms with Crippen LogP contribution in [0, 0.1) is 17.2 Å². The Hall–Kier alpha value is -1.13. The predicted octanol–water partition coefficient (Wildman–Crippen LogP) is 2.04. The van der Waals surface area contributed by atoms with Crippen molar-refractivity contribution in [2.45, 2.75) is 39.2 Å². The summed E-state index contributed by atoms with van der Waals surface area (Å²) in [6, 6.07) is 2.01. The molecule has 0 rings (SSSR count). The third-order valence-corrected chi connectivity index (χ3v) is 1.74. The normalized spacial score (nSPS) is 14.6. The molecule has 0 aliphatic carbocycles. The van der Waals surface area contributed by atoms with Crippen LogP contribution >= 0.6 is 0 Å². The molecule has 0 aliphatic rings. The number of rotatable bonds is 4. The van der Waals surface area contributed by atoms with Crippen LogP contribution in [0.25, 0.3) is 0 Å². The van der Waals surface area contributed by atoms with Crippen LogP contribution < -0.4 is 0 Å². The minimum Gasteiger partial charge on any atom is -0.211 e. The first-order valence-corrected chi connectivity index (χ1v) is 4.04. The van der Waals surface area contributed by atoms with Crippen molar-refractivity contribution >= 4 is 6.08 Å². The summed E-state index contributed by atoms with van der Waals surface area (Å²) in [6.07, 6.45) is 2.95. The first kappa shape index (κ1) is 10.9. The van der Waals surface area contributed by atoms with E-state index in [2.05, 4.69) is 18.8 Å². The Bertz CT molecular complexity index is 223. The molecule has 1 unspecified atom stereocenters. The van der Waals surface area contributed by atoms with Crippen LogP contribution in [-0.2, 0) is 4.79 Å². The van der Waals surface area contributed by atoms with Gasteiger partial charge >= 0.3 is 0 Å². The van der Waals surface area contributed by atoms with E-state index in [1.807, 2.05) is 6.07 Å². The van der Waals surface area contributed by atoms with Gasteiger partial charge in [-0.1, -0.05) is 13.8 Å². The molecule has 3 heteroatoms. The minimum absolute atomic E-state index is 0.527. The van der Waals surface area contributed by atoms with E-state index in [4.69, 9.17) is 5.26 Å². The molecule has 0 aromatic rings. The molecule has 0 spiro atoms. The van der Waals surface area contributed by atoms with Gasteiger partial charge < -0.3 is 0 Å². The number of hydrogen-bond donors (Lipinski definition) is 0. The van der Waals surface area contributed by atoms with Crippen molar-refractivity contribution in [2.75, 3.05) is 0 Å². The van der Waals surface area contributed by atoms with Crippen LogP contribution in [0.2, 0.25) is 0 Å². The average Bonchev–Trinajstić information content (AvgIpc) is 2.02. The smallest absolute Gasteiger partial charge is 0.211 e. The van der Waals surface area contributed by atoms with E-state index in [-0.39, 0.29) is 0 Å². The van der Waals surface area contributed by atoms with Crippen LogP contribution in [-0.4, -0.2) is 11.6 Å².